The highest BCUT2D eigenvalue weighted by Crippen LogP contribution is 2.23. The molecule has 0 aliphatic heterocycles. The standard InChI is InChI=1S/C9H15NS.ClH/c1-3-4-8(10)9-6-5-7(2)11-9;/h5-6,8H,3-4,10H2,1-2H3;1H. The van der Waals surface area contributed by atoms with Crippen LogP contribution in [0.4, 0.5) is 0 Å². The fourth-order valence-corrected chi connectivity index (χ4v) is 2.02. The molecule has 0 fully saturated rings. The lowest BCUT2D eigenvalue weighted by Crippen LogP contribution is -2.07. The molecular formula is C9H16ClNS. The topological polar surface area (TPSA) is 26.0 Å². The van der Waals surface area contributed by atoms with Gasteiger partial charge in [-0.1, -0.05) is 13.3 Å². The molecule has 0 saturated heterocycles. The summed E-state index contributed by atoms with van der Waals surface area (Å²) in [5, 5.41) is 0. The molecule has 1 atom stereocenters. The molecule has 1 heterocycles. The zero-order valence-corrected chi connectivity index (χ0v) is 9.17. The van der Waals surface area contributed by atoms with Crippen LogP contribution in [0.25, 0.3) is 0 Å². The summed E-state index contributed by atoms with van der Waals surface area (Å²) in [5.41, 5.74) is 5.93. The highest BCUT2D eigenvalue weighted by Gasteiger charge is 2.05. The lowest BCUT2D eigenvalue weighted by atomic mass is 10.1. The number of rotatable bonds is 3. The van der Waals surface area contributed by atoms with Crippen molar-refractivity contribution in [2.75, 3.05) is 0 Å². The van der Waals surface area contributed by atoms with Crippen molar-refractivity contribution in [3.63, 3.8) is 0 Å². The van der Waals surface area contributed by atoms with E-state index >= 15 is 0 Å². The SMILES string of the molecule is CCCC(N)c1ccc(C)s1.Cl. The average molecular weight is 206 g/mol. The number of thiophene rings is 1. The van der Waals surface area contributed by atoms with Gasteiger partial charge in [0.15, 0.2) is 0 Å². The van der Waals surface area contributed by atoms with E-state index in [1.165, 1.54) is 9.75 Å². The molecule has 70 valence electrons. The van der Waals surface area contributed by atoms with Crippen molar-refractivity contribution in [2.45, 2.75) is 32.7 Å². The van der Waals surface area contributed by atoms with Gasteiger partial charge in [-0.3, -0.25) is 0 Å². The molecule has 0 bridgehead atoms. The van der Waals surface area contributed by atoms with Gasteiger partial charge in [0, 0.05) is 15.8 Å². The van der Waals surface area contributed by atoms with Gasteiger partial charge >= 0.3 is 0 Å². The molecule has 0 aliphatic carbocycles. The Kier molecular flexibility index (Phi) is 5.55. The Labute approximate surface area is 84.4 Å². The first-order valence-electron chi connectivity index (χ1n) is 4.06. The van der Waals surface area contributed by atoms with Crippen LogP contribution < -0.4 is 5.73 Å². The van der Waals surface area contributed by atoms with E-state index in [1.807, 2.05) is 11.3 Å². The Balaban J connectivity index is 0.00000121. The Morgan fingerprint density at radius 1 is 1.50 bits per heavy atom. The van der Waals surface area contributed by atoms with E-state index in [0.717, 1.165) is 12.8 Å². The molecule has 0 amide bonds. The van der Waals surface area contributed by atoms with Crippen molar-refractivity contribution in [1.29, 1.82) is 0 Å². The first-order chi connectivity index (χ1) is 5.24. The number of hydrogen-bond donors (Lipinski definition) is 1. The first-order valence-corrected chi connectivity index (χ1v) is 4.87. The van der Waals surface area contributed by atoms with Gasteiger partial charge < -0.3 is 5.73 Å². The zero-order valence-electron chi connectivity index (χ0n) is 7.54. The van der Waals surface area contributed by atoms with Crippen LogP contribution in [0.2, 0.25) is 0 Å². The minimum absolute atomic E-state index is 0. The van der Waals surface area contributed by atoms with Crippen LogP contribution in [-0.4, -0.2) is 0 Å². The van der Waals surface area contributed by atoms with Crippen LogP contribution in [0, 0.1) is 6.92 Å². The van der Waals surface area contributed by atoms with E-state index in [1.54, 1.807) is 0 Å². The van der Waals surface area contributed by atoms with E-state index in [-0.39, 0.29) is 18.4 Å². The number of nitrogens with two attached hydrogens (primary N) is 1. The second kappa shape index (κ2) is 5.57. The Bertz CT molecular complexity index is 222. The Morgan fingerprint density at radius 2 is 2.17 bits per heavy atom. The number of hydrogen-bond acceptors (Lipinski definition) is 2. The summed E-state index contributed by atoms with van der Waals surface area (Å²) in [4.78, 5) is 2.68. The smallest absolute Gasteiger partial charge is 0.0389 e. The quantitative estimate of drug-likeness (QED) is 0.806. The molecule has 0 aliphatic rings. The van der Waals surface area contributed by atoms with Crippen molar-refractivity contribution >= 4 is 23.7 Å². The molecule has 1 unspecified atom stereocenters. The number of halogens is 1. The van der Waals surface area contributed by atoms with E-state index in [0.29, 0.717) is 0 Å². The highest BCUT2D eigenvalue weighted by molar-refractivity contribution is 7.12. The molecule has 1 nitrogen and oxygen atoms in total. The maximum Gasteiger partial charge on any atom is 0.0389 e. The molecule has 0 aromatic carbocycles. The monoisotopic (exact) mass is 205 g/mol. The van der Waals surface area contributed by atoms with Gasteiger partial charge in [-0.05, 0) is 25.5 Å². The van der Waals surface area contributed by atoms with Crippen molar-refractivity contribution in [1.82, 2.24) is 0 Å². The third kappa shape index (κ3) is 3.13. The summed E-state index contributed by atoms with van der Waals surface area (Å²) in [7, 11) is 0. The van der Waals surface area contributed by atoms with Crippen molar-refractivity contribution in [3.05, 3.63) is 21.9 Å². The summed E-state index contributed by atoms with van der Waals surface area (Å²) >= 11 is 1.81. The highest BCUT2D eigenvalue weighted by atomic mass is 35.5. The molecule has 1 rings (SSSR count). The molecular weight excluding hydrogens is 190 g/mol. The minimum Gasteiger partial charge on any atom is -0.323 e. The summed E-state index contributed by atoms with van der Waals surface area (Å²) < 4.78 is 0. The van der Waals surface area contributed by atoms with Crippen LogP contribution in [0.1, 0.15) is 35.6 Å². The molecule has 0 spiro atoms. The van der Waals surface area contributed by atoms with Gasteiger partial charge in [0.05, 0.1) is 0 Å². The molecule has 0 saturated carbocycles. The third-order valence-electron chi connectivity index (χ3n) is 1.73. The van der Waals surface area contributed by atoms with Gasteiger partial charge in [-0.25, -0.2) is 0 Å². The van der Waals surface area contributed by atoms with E-state index in [9.17, 15) is 0 Å². The molecule has 2 N–H and O–H groups in total. The van der Waals surface area contributed by atoms with E-state index in [4.69, 9.17) is 5.73 Å². The molecule has 1 aromatic rings. The van der Waals surface area contributed by atoms with E-state index < -0.39 is 0 Å². The van der Waals surface area contributed by atoms with Crippen LogP contribution in [0.15, 0.2) is 12.1 Å². The van der Waals surface area contributed by atoms with Gasteiger partial charge in [0.25, 0.3) is 0 Å². The average Bonchev–Trinajstić information content (AvgIpc) is 2.36. The van der Waals surface area contributed by atoms with Gasteiger partial charge in [-0.2, -0.15) is 0 Å². The van der Waals surface area contributed by atoms with Gasteiger partial charge in [0.1, 0.15) is 0 Å². The maximum absolute atomic E-state index is 5.93. The Morgan fingerprint density at radius 3 is 2.58 bits per heavy atom. The fourth-order valence-electron chi connectivity index (χ4n) is 1.11. The summed E-state index contributed by atoms with van der Waals surface area (Å²) in [6, 6.07) is 4.54. The summed E-state index contributed by atoms with van der Waals surface area (Å²) in [6.07, 6.45) is 2.26. The van der Waals surface area contributed by atoms with Crippen LogP contribution in [0.3, 0.4) is 0 Å². The lowest BCUT2D eigenvalue weighted by Gasteiger charge is -2.05. The first kappa shape index (κ1) is 11.9. The van der Waals surface area contributed by atoms with Crippen molar-refractivity contribution in [3.8, 4) is 0 Å². The third-order valence-corrected chi connectivity index (χ3v) is 2.86. The van der Waals surface area contributed by atoms with Crippen molar-refractivity contribution < 1.29 is 0 Å². The Hall–Kier alpha value is -0.0500. The van der Waals surface area contributed by atoms with Crippen molar-refractivity contribution in [2.24, 2.45) is 5.73 Å². The second-order valence-corrected chi connectivity index (χ2v) is 4.16. The maximum atomic E-state index is 5.93. The van der Waals surface area contributed by atoms with Gasteiger partial charge in [-0.15, -0.1) is 23.7 Å². The minimum atomic E-state index is 0. The summed E-state index contributed by atoms with van der Waals surface area (Å²) in [5.74, 6) is 0. The lowest BCUT2D eigenvalue weighted by molar-refractivity contribution is 0.648. The van der Waals surface area contributed by atoms with Crippen LogP contribution in [0.5, 0.6) is 0 Å². The predicted molar refractivity (Wildman–Crippen MR) is 58.1 cm³/mol. The normalized spacial score (nSPS) is 12.2. The molecule has 1 aromatic heterocycles. The predicted octanol–water partition coefficient (Wildman–Crippen LogP) is 3.28. The second-order valence-electron chi connectivity index (χ2n) is 2.84. The number of aryl methyl sites for hydroxylation is 1. The summed E-state index contributed by atoms with van der Waals surface area (Å²) in [6.45, 7) is 4.28. The molecule has 3 heteroatoms. The van der Waals surface area contributed by atoms with Crippen LogP contribution in [-0.2, 0) is 0 Å². The van der Waals surface area contributed by atoms with E-state index in [2.05, 4.69) is 26.0 Å². The fraction of sp³-hybridized carbons (Fsp3) is 0.556. The largest absolute Gasteiger partial charge is 0.323 e. The molecule has 12 heavy (non-hydrogen) atoms. The zero-order chi connectivity index (χ0) is 8.27. The van der Waals surface area contributed by atoms with Crippen LogP contribution >= 0.6 is 23.7 Å². The molecule has 0 radical (unpaired) electrons. The van der Waals surface area contributed by atoms with Gasteiger partial charge in [0.2, 0.25) is 0 Å².